The van der Waals surface area contributed by atoms with Crippen molar-refractivity contribution < 1.29 is 38.0 Å². The highest BCUT2D eigenvalue weighted by Gasteiger charge is 2.38. The van der Waals surface area contributed by atoms with E-state index in [0.717, 1.165) is 93.6 Å². The third-order valence-corrected chi connectivity index (χ3v) is 11.6. The zero-order valence-corrected chi connectivity index (χ0v) is 38.4. The van der Waals surface area contributed by atoms with Crippen LogP contribution in [0.15, 0.2) is 48.5 Å². The maximum atomic E-state index is 13.4. The number of carbonyl (C=O) groups excluding carboxylic acids is 2. The minimum atomic E-state index is -0.107. The van der Waals surface area contributed by atoms with Gasteiger partial charge in [-0.05, 0) is 83.3 Å². The molecule has 340 valence electrons. The molecule has 2 aliphatic carbocycles. The summed E-state index contributed by atoms with van der Waals surface area (Å²) in [5, 5.41) is 0. The van der Waals surface area contributed by atoms with Gasteiger partial charge in [-0.2, -0.15) is 0 Å². The van der Waals surface area contributed by atoms with Crippen LogP contribution in [0.2, 0.25) is 0 Å². The fourth-order valence-corrected chi connectivity index (χ4v) is 8.35. The highest BCUT2D eigenvalue weighted by Crippen LogP contribution is 2.53. The molecule has 4 aromatic rings. The third-order valence-electron chi connectivity index (χ3n) is 11.6. The van der Waals surface area contributed by atoms with Gasteiger partial charge in [-0.3, -0.25) is 14.5 Å². The van der Waals surface area contributed by atoms with Crippen molar-refractivity contribution in [1.29, 1.82) is 0 Å². The third kappa shape index (κ3) is 10.5. The molecule has 1 saturated heterocycles. The second kappa shape index (κ2) is 22.8. The Bertz CT molecular complexity index is 2200. The van der Waals surface area contributed by atoms with Crippen molar-refractivity contribution in [2.45, 2.75) is 86.5 Å². The van der Waals surface area contributed by atoms with Crippen LogP contribution >= 0.6 is 0 Å². The van der Waals surface area contributed by atoms with E-state index in [9.17, 15) is 9.59 Å². The summed E-state index contributed by atoms with van der Waals surface area (Å²) in [6.07, 6.45) is 6.84. The highest BCUT2D eigenvalue weighted by atomic mass is 16.5. The molecular weight excluding hydrogens is 797 g/mol. The number of fused-ring (bicyclic) bond motifs is 6. The number of benzene rings is 4. The summed E-state index contributed by atoms with van der Waals surface area (Å²) < 4.78 is 36.2. The second-order valence-electron chi connectivity index (χ2n) is 16.1. The molecule has 0 unspecified atom stereocenters. The summed E-state index contributed by atoms with van der Waals surface area (Å²) in [5.41, 5.74) is 18.7. The molecule has 1 heterocycles. The molecule has 0 spiro atoms. The summed E-state index contributed by atoms with van der Waals surface area (Å²) in [6.45, 7) is 22.0. The number of ether oxygens (including phenoxy) is 6. The number of likely N-dealkylation sites (tertiary alicyclic amines) is 1. The number of nitrogen functional groups attached to an aromatic ring is 2. The van der Waals surface area contributed by atoms with E-state index >= 15 is 0 Å². The lowest BCUT2D eigenvalue weighted by molar-refractivity contribution is 0.103. The van der Waals surface area contributed by atoms with Crippen LogP contribution in [0, 0.1) is 0 Å². The Kier molecular flexibility index (Phi) is 17.0. The van der Waals surface area contributed by atoms with Crippen LogP contribution < -0.4 is 39.9 Å². The molecule has 12 nitrogen and oxygen atoms in total. The van der Waals surface area contributed by atoms with Gasteiger partial charge in [0.05, 0.1) is 55.5 Å². The Labute approximate surface area is 374 Å². The molecule has 12 heteroatoms. The standard InChI is InChI=1S/C26H36N2O4.C25H32N2O4/c1-5-14-30-20-17-21(31-15-6-2)25(27)24-23(20)22-18(26(24)29)11-9-12-19(22)32-16-10-13-28(7-3)8-4;1-3-13-29-19-16-20(30-14-4-2)24(26)23-22(19)21-17(25(23)28)8-7-9-18(21)31-15-12-27-10-5-6-11-27/h9,11-12,17H,5-8,10,13-16,27H2,1-4H3;7-9,16H,3-6,10-15,26H2,1-2H3. The Hall–Kier alpha value is -5.46. The quantitative estimate of drug-likeness (QED) is 0.0467. The molecule has 0 atom stereocenters. The van der Waals surface area contributed by atoms with Gasteiger partial charge in [0.2, 0.25) is 0 Å². The molecule has 1 aliphatic heterocycles. The van der Waals surface area contributed by atoms with Crippen molar-refractivity contribution in [3.05, 3.63) is 70.8 Å². The first-order valence-electron chi connectivity index (χ1n) is 23.2. The smallest absolute Gasteiger partial charge is 0.196 e. The first kappa shape index (κ1) is 47.0. The Morgan fingerprint density at radius 2 is 0.921 bits per heavy atom. The lowest BCUT2D eigenvalue weighted by atomic mass is 10.0. The highest BCUT2D eigenvalue weighted by molar-refractivity contribution is 6.27. The van der Waals surface area contributed by atoms with Crippen LogP contribution in [0.4, 0.5) is 11.4 Å². The monoisotopic (exact) mass is 865 g/mol. The summed E-state index contributed by atoms with van der Waals surface area (Å²) in [4.78, 5) is 31.5. The number of rotatable bonds is 23. The number of ketones is 2. The molecule has 0 bridgehead atoms. The maximum Gasteiger partial charge on any atom is 0.196 e. The zero-order valence-electron chi connectivity index (χ0n) is 38.4. The number of nitrogens with zero attached hydrogens (tertiary/aromatic N) is 2. The topological polar surface area (TPSA) is 148 Å². The fraction of sp³-hybridized carbons (Fsp3) is 0.490. The number of carbonyl (C=O) groups is 2. The van der Waals surface area contributed by atoms with Gasteiger partial charge in [0, 0.05) is 58.6 Å². The van der Waals surface area contributed by atoms with Crippen molar-refractivity contribution in [3.63, 3.8) is 0 Å². The average molecular weight is 865 g/mol. The van der Waals surface area contributed by atoms with E-state index in [-0.39, 0.29) is 11.6 Å². The summed E-state index contributed by atoms with van der Waals surface area (Å²) in [5.74, 6) is 3.43. The van der Waals surface area contributed by atoms with Crippen LogP contribution in [0.5, 0.6) is 34.5 Å². The Balaban J connectivity index is 0.000000210. The number of hydrogen-bond acceptors (Lipinski definition) is 12. The van der Waals surface area contributed by atoms with Gasteiger partial charge >= 0.3 is 0 Å². The van der Waals surface area contributed by atoms with Gasteiger partial charge in [-0.1, -0.05) is 65.8 Å². The van der Waals surface area contributed by atoms with Crippen LogP contribution in [-0.4, -0.2) is 100 Å². The van der Waals surface area contributed by atoms with Crippen LogP contribution in [-0.2, 0) is 0 Å². The molecule has 0 saturated carbocycles. The maximum absolute atomic E-state index is 13.4. The van der Waals surface area contributed by atoms with Gasteiger partial charge in [-0.15, -0.1) is 0 Å². The molecule has 0 aromatic heterocycles. The minimum Gasteiger partial charge on any atom is -0.493 e. The molecule has 7 rings (SSSR count). The van der Waals surface area contributed by atoms with E-state index in [1.165, 1.54) is 12.8 Å². The number of anilines is 2. The molecule has 4 N–H and O–H groups in total. The largest absolute Gasteiger partial charge is 0.493 e. The van der Waals surface area contributed by atoms with Crippen molar-refractivity contribution in [2.75, 3.05) is 90.4 Å². The van der Waals surface area contributed by atoms with Gasteiger partial charge < -0.3 is 44.8 Å². The fourth-order valence-electron chi connectivity index (χ4n) is 8.35. The van der Waals surface area contributed by atoms with Crippen molar-refractivity contribution in [2.24, 2.45) is 0 Å². The van der Waals surface area contributed by atoms with Gasteiger partial charge in [0.15, 0.2) is 11.6 Å². The van der Waals surface area contributed by atoms with Crippen molar-refractivity contribution in [3.8, 4) is 56.8 Å². The zero-order chi connectivity index (χ0) is 44.9. The van der Waals surface area contributed by atoms with E-state index in [1.807, 2.05) is 62.4 Å². The molecule has 1 fully saturated rings. The van der Waals surface area contributed by atoms with E-state index < -0.39 is 0 Å². The lowest BCUT2D eigenvalue weighted by Crippen LogP contribution is -2.25. The average Bonchev–Trinajstić information content (AvgIpc) is 4.02. The molecule has 3 aliphatic rings. The number of nitrogens with two attached hydrogens (primary N) is 2. The Morgan fingerprint density at radius 1 is 0.508 bits per heavy atom. The normalized spacial score (nSPS) is 13.6. The number of hydrogen-bond donors (Lipinski definition) is 2. The van der Waals surface area contributed by atoms with E-state index in [0.29, 0.717) is 108 Å². The lowest BCUT2D eigenvalue weighted by Gasteiger charge is -2.19. The van der Waals surface area contributed by atoms with Crippen molar-refractivity contribution in [1.82, 2.24) is 9.80 Å². The first-order valence-corrected chi connectivity index (χ1v) is 23.2. The molecule has 4 aromatic carbocycles. The molecule has 0 amide bonds. The minimum absolute atomic E-state index is 0.101. The SMILES string of the molecule is CCCOc1cc(OCCC)c2c(c1N)C(=O)c1cccc(OCCCN(CC)CC)c1-2.CCCOc1cc(OCCC)c2c(c1N)C(=O)c1cccc(OCCN3CCCC3)c1-2. The summed E-state index contributed by atoms with van der Waals surface area (Å²) in [6, 6.07) is 14.9. The van der Waals surface area contributed by atoms with Crippen molar-refractivity contribution >= 4 is 22.9 Å². The van der Waals surface area contributed by atoms with Crippen LogP contribution in [0.3, 0.4) is 0 Å². The summed E-state index contributed by atoms with van der Waals surface area (Å²) >= 11 is 0. The van der Waals surface area contributed by atoms with Gasteiger partial charge in [0.25, 0.3) is 0 Å². The van der Waals surface area contributed by atoms with E-state index in [4.69, 9.17) is 39.9 Å². The Morgan fingerprint density at radius 3 is 1.35 bits per heavy atom. The summed E-state index contributed by atoms with van der Waals surface area (Å²) in [7, 11) is 0. The molecular formula is C51H68N4O8. The van der Waals surface area contributed by atoms with Gasteiger partial charge in [0.1, 0.15) is 41.1 Å². The van der Waals surface area contributed by atoms with E-state index in [2.05, 4.69) is 37.5 Å². The van der Waals surface area contributed by atoms with Crippen LogP contribution in [0.1, 0.15) is 118 Å². The van der Waals surface area contributed by atoms with E-state index in [1.54, 1.807) is 0 Å². The predicted molar refractivity (Wildman–Crippen MR) is 252 cm³/mol. The molecule has 63 heavy (non-hydrogen) atoms. The second-order valence-corrected chi connectivity index (χ2v) is 16.1. The van der Waals surface area contributed by atoms with Gasteiger partial charge in [-0.25, -0.2) is 0 Å². The molecule has 0 radical (unpaired) electrons. The first-order chi connectivity index (χ1) is 30.7. The predicted octanol–water partition coefficient (Wildman–Crippen LogP) is 9.70. The van der Waals surface area contributed by atoms with Crippen LogP contribution in [0.25, 0.3) is 22.3 Å².